The monoisotopic (exact) mass is 392 g/mol. The van der Waals surface area contributed by atoms with Gasteiger partial charge in [0.05, 0.1) is 25.5 Å². The molecule has 0 saturated heterocycles. The van der Waals surface area contributed by atoms with Gasteiger partial charge < -0.3 is 19.5 Å². The van der Waals surface area contributed by atoms with Crippen molar-refractivity contribution in [2.75, 3.05) is 20.8 Å². The zero-order valence-corrected chi connectivity index (χ0v) is 17.8. The summed E-state index contributed by atoms with van der Waals surface area (Å²) in [6, 6.07) is 5.53. The topological polar surface area (TPSA) is 71.9 Å². The van der Waals surface area contributed by atoms with Crippen LogP contribution in [-0.4, -0.2) is 53.3 Å². The smallest absolute Gasteiger partial charge is 0.266 e. The molecular formula is C20H28N2O4S. The van der Waals surface area contributed by atoms with Gasteiger partial charge in [0.25, 0.3) is 5.91 Å². The van der Waals surface area contributed by atoms with E-state index < -0.39 is 5.60 Å². The molecule has 148 valence electrons. The third-order valence-corrected chi connectivity index (χ3v) is 5.26. The first kappa shape index (κ1) is 21.2. The van der Waals surface area contributed by atoms with Crippen LogP contribution >= 0.6 is 11.3 Å². The average Bonchev–Trinajstić information content (AvgIpc) is 2.99. The molecule has 0 bridgehead atoms. The van der Waals surface area contributed by atoms with E-state index in [0.717, 1.165) is 10.6 Å². The maximum Gasteiger partial charge on any atom is 0.266 e. The number of nitrogens with zero attached hydrogens (tertiary/aromatic N) is 2. The van der Waals surface area contributed by atoms with Crippen LogP contribution in [-0.2, 0) is 0 Å². The lowest BCUT2D eigenvalue weighted by molar-refractivity contribution is 0.0224. The van der Waals surface area contributed by atoms with Crippen LogP contribution in [0.5, 0.6) is 11.5 Å². The number of amides is 1. The summed E-state index contributed by atoms with van der Waals surface area (Å²) >= 11 is 1.34. The fourth-order valence-corrected chi connectivity index (χ4v) is 3.74. The second-order valence-corrected chi connectivity index (χ2v) is 8.34. The number of hydrogen-bond donors (Lipinski definition) is 1. The molecule has 2 rings (SSSR count). The van der Waals surface area contributed by atoms with E-state index in [2.05, 4.69) is 4.98 Å². The molecule has 0 saturated carbocycles. The molecule has 0 aliphatic carbocycles. The molecule has 0 aliphatic rings. The fraction of sp³-hybridized carbons (Fsp3) is 0.500. The number of carbonyl (C=O) groups excluding carboxylic acids is 1. The summed E-state index contributed by atoms with van der Waals surface area (Å²) in [6.07, 6.45) is 0. The highest BCUT2D eigenvalue weighted by Crippen LogP contribution is 2.35. The predicted molar refractivity (Wildman–Crippen MR) is 108 cm³/mol. The van der Waals surface area contributed by atoms with E-state index in [1.807, 2.05) is 39.0 Å². The zero-order chi connectivity index (χ0) is 20.4. The van der Waals surface area contributed by atoms with Gasteiger partial charge in [0.2, 0.25) is 0 Å². The Kier molecular flexibility index (Phi) is 6.49. The molecule has 1 heterocycles. The number of rotatable bonds is 7. The normalized spacial score (nSPS) is 11.6. The SMILES string of the molecule is COc1ccc(-c2nc(C)c(C(=O)N(CC(C)(C)O)C(C)C)s2)cc1OC. The number of aromatic nitrogens is 1. The summed E-state index contributed by atoms with van der Waals surface area (Å²) in [5, 5.41) is 10.9. The van der Waals surface area contributed by atoms with Crippen molar-refractivity contribution < 1.29 is 19.4 Å². The first-order valence-corrected chi connectivity index (χ1v) is 9.62. The molecular weight excluding hydrogens is 364 g/mol. The molecule has 7 heteroatoms. The maximum atomic E-state index is 13.1. The number of aryl methyl sites for hydroxylation is 1. The van der Waals surface area contributed by atoms with Crippen LogP contribution in [0.4, 0.5) is 0 Å². The Bertz CT molecular complexity index is 809. The van der Waals surface area contributed by atoms with Gasteiger partial charge in [-0.3, -0.25) is 4.79 Å². The van der Waals surface area contributed by atoms with Gasteiger partial charge in [0, 0.05) is 18.2 Å². The Hall–Kier alpha value is -2.12. The molecule has 6 nitrogen and oxygen atoms in total. The second kappa shape index (κ2) is 8.27. The summed E-state index contributed by atoms with van der Waals surface area (Å²) in [7, 11) is 3.17. The summed E-state index contributed by atoms with van der Waals surface area (Å²) in [6.45, 7) is 9.36. The van der Waals surface area contributed by atoms with Crippen LogP contribution in [0.15, 0.2) is 18.2 Å². The molecule has 1 aromatic heterocycles. The summed E-state index contributed by atoms with van der Waals surface area (Å²) in [4.78, 5) is 19.9. The average molecular weight is 393 g/mol. The number of aliphatic hydroxyl groups is 1. The van der Waals surface area contributed by atoms with E-state index in [1.165, 1.54) is 11.3 Å². The Balaban J connectivity index is 2.39. The molecule has 0 aliphatic heterocycles. The standard InChI is InChI=1S/C20H28N2O4S/c1-12(2)22(11-20(4,5)24)19(23)17-13(3)21-18(27-17)14-8-9-15(25-6)16(10-14)26-7/h8-10,12,24H,11H2,1-7H3. The molecule has 0 spiro atoms. The molecule has 0 radical (unpaired) electrons. The molecule has 2 aromatic rings. The van der Waals surface area contributed by atoms with Crippen molar-refractivity contribution >= 4 is 17.2 Å². The highest BCUT2D eigenvalue weighted by molar-refractivity contribution is 7.17. The van der Waals surface area contributed by atoms with Crippen molar-refractivity contribution in [3.05, 3.63) is 28.8 Å². The minimum Gasteiger partial charge on any atom is -0.493 e. The van der Waals surface area contributed by atoms with E-state index in [0.29, 0.717) is 22.1 Å². The Morgan fingerprint density at radius 3 is 2.41 bits per heavy atom. The van der Waals surface area contributed by atoms with Gasteiger partial charge in [0.1, 0.15) is 9.88 Å². The van der Waals surface area contributed by atoms with Crippen LogP contribution in [0.25, 0.3) is 10.6 Å². The highest BCUT2D eigenvalue weighted by Gasteiger charge is 2.28. The quantitative estimate of drug-likeness (QED) is 0.777. The molecule has 0 atom stereocenters. The molecule has 27 heavy (non-hydrogen) atoms. The van der Waals surface area contributed by atoms with Crippen LogP contribution < -0.4 is 9.47 Å². The van der Waals surface area contributed by atoms with Crippen molar-refractivity contribution in [3.63, 3.8) is 0 Å². The second-order valence-electron chi connectivity index (χ2n) is 7.34. The van der Waals surface area contributed by atoms with Gasteiger partial charge in [-0.25, -0.2) is 4.98 Å². The van der Waals surface area contributed by atoms with E-state index in [1.54, 1.807) is 33.0 Å². The van der Waals surface area contributed by atoms with E-state index in [9.17, 15) is 9.90 Å². The van der Waals surface area contributed by atoms with Gasteiger partial charge in [-0.15, -0.1) is 11.3 Å². The summed E-state index contributed by atoms with van der Waals surface area (Å²) < 4.78 is 10.6. The van der Waals surface area contributed by atoms with Crippen molar-refractivity contribution in [2.45, 2.75) is 46.3 Å². The lowest BCUT2D eigenvalue weighted by atomic mass is 10.1. The third-order valence-electron chi connectivity index (χ3n) is 4.06. The Morgan fingerprint density at radius 2 is 1.89 bits per heavy atom. The van der Waals surface area contributed by atoms with Crippen LogP contribution in [0, 0.1) is 6.92 Å². The van der Waals surface area contributed by atoms with Crippen molar-refractivity contribution in [3.8, 4) is 22.1 Å². The zero-order valence-electron chi connectivity index (χ0n) is 17.0. The Morgan fingerprint density at radius 1 is 1.26 bits per heavy atom. The number of benzene rings is 1. The minimum atomic E-state index is -0.968. The van der Waals surface area contributed by atoms with Gasteiger partial charge in [-0.1, -0.05) is 0 Å². The molecule has 1 N–H and O–H groups in total. The molecule has 0 unspecified atom stereocenters. The number of hydrogen-bond acceptors (Lipinski definition) is 6. The van der Waals surface area contributed by atoms with Crippen molar-refractivity contribution in [1.82, 2.24) is 9.88 Å². The number of ether oxygens (including phenoxy) is 2. The first-order chi connectivity index (χ1) is 12.6. The van der Waals surface area contributed by atoms with Gasteiger partial charge >= 0.3 is 0 Å². The lowest BCUT2D eigenvalue weighted by Crippen LogP contribution is -2.45. The van der Waals surface area contributed by atoms with Gasteiger partial charge in [-0.05, 0) is 52.8 Å². The highest BCUT2D eigenvalue weighted by atomic mass is 32.1. The fourth-order valence-electron chi connectivity index (χ4n) is 2.72. The lowest BCUT2D eigenvalue weighted by Gasteiger charge is -2.32. The Labute approximate surface area is 164 Å². The van der Waals surface area contributed by atoms with Gasteiger partial charge in [0.15, 0.2) is 11.5 Å². The summed E-state index contributed by atoms with van der Waals surface area (Å²) in [5.74, 6) is 1.14. The third kappa shape index (κ3) is 4.99. The largest absolute Gasteiger partial charge is 0.493 e. The summed E-state index contributed by atoms with van der Waals surface area (Å²) in [5.41, 5.74) is 0.569. The minimum absolute atomic E-state index is 0.0324. The molecule has 1 aromatic carbocycles. The number of methoxy groups -OCH3 is 2. The van der Waals surface area contributed by atoms with Crippen molar-refractivity contribution in [2.24, 2.45) is 0 Å². The molecule has 0 fully saturated rings. The van der Waals surface area contributed by atoms with Gasteiger partial charge in [-0.2, -0.15) is 0 Å². The van der Waals surface area contributed by atoms with Crippen molar-refractivity contribution in [1.29, 1.82) is 0 Å². The van der Waals surface area contributed by atoms with Crippen LogP contribution in [0.3, 0.4) is 0 Å². The first-order valence-electron chi connectivity index (χ1n) is 8.80. The van der Waals surface area contributed by atoms with E-state index in [-0.39, 0.29) is 18.5 Å². The van der Waals surface area contributed by atoms with E-state index in [4.69, 9.17) is 9.47 Å². The van der Waals surface area contributed by atoms with Crippen LogP contribution in [0.1, 0.15) is 43.1 Å². The van der Waals surface area contributed by atoms with E-state index >= 15 is 0 Å². The number of carbonyl (C=O) groups is 1. The predicted octanol–water partition coefficient (Wildman–Crippen LogP) is 3.76. The van der Waals surface area contributed by atoms with Crippen LogP contribution in [0.2, 0.25) is 0 Å². The number of thiazole rings is 1. The molecule has 1 amide bonds. The maximum absolute atomic E-state index is 13.1.